The number of fused-ring (bicyclic) bond motifs is 1. The van der Waals surface area contributed by atoms with Gasteiger partial charge in [0, 0.05) is 6.42 Å². The number of carbonyl (C=O) groups is 2. The van der Waals surface area contributed by atoms with Crippen LogP contribution >= 0.6 is 0 Å². The molecule has 2 aromatic carbocycles. The number of anilines is 2. The van der Waals surface area contributed by atoms with E-state index in [2.05, 4.69) is 5.32 Å². The fourth-order valence-corrected chi connectivity index (χ4v) is 3.28. The van der Waals surface area contributed by atoms with Crippen molar-refractivity contribution in [3.8, 4) is 11.5 Å². The van der Waals surface area contributed by atoms with Crippen molar-refractivity contribution >= 4 is 23.3 Å². The lowest BCUT2D eigenvalue weighted by Crippen LogP contribution is -2.54. The molecule has 0 spiro atoms. The van der Waals surface area contributed by atoms with Crippen LogP contribution in [0.25, 0.3) is 0 Å². The van der Waals surface area contributed by atoms with Crippen LogP contribution in [0, 0.1) is 0 Å². The fraction of sp³-hybridized carbons (Fsp3) is 0.391. The summed E-state index contributed by atoms with van der Waals surface area (Å²) in [5.74, 6) is 1.14. The zero-order chi connectivity index (χ0) is 21.6. The van der Waals surface area contributed by atoms with Gasteiger partial charge in [0.1, 0.15) is 23.6 Å². The number of para-hydroxylation sites is 2. The van der Waals surface area contributed by atoms with Crippen molar-refractivity contribution in [3.05, 3.63) is 48.5 Å². The molecule has 0 aromatic heterocycles. The number of nitrogens with zero attached hydrogens (tertiary/aromatic N) is 1. The second-order valence-corrected chi connectivity index (χ2v) is 7.57. The molecule has 1 aliphatic heterocycles. The molecule has 7 nitrogen and oxygen atoms in total. The van der Waals surface area contributed by atoms with Crippen LogP contribution in [0.4, 0.5) is 11.4 Å². The Morgan fingerprint density at radius 1 is 1.03 bits per heavy atom. The minimum absolute atomic E-state index is 0.0508. The number of nitrogens with one attached hydrogen (secondary N) is 1. The summed E-state index contributed by atoms with van der Waals surface area (Å²) in [6.45, 7) is 4.56. The SMILES string of the molecule is COc1ccc(OCCCC(=O)OCCN2C(=O)C(C)(C)Nc3ccccc32)cc1. The molecular weight excluding hydrogens is 384 g/mol. The van der Waals surface area contributed by atoms with E-state index < -0.39 is 5.54 Å². The largest absolute Gasteiger partial charge is 0.497 e. The molecule has 0 unspecified atom stereocenters. The van der Waals surface area contributed by atoms with E-state index in [0.29, 0.717) is 19.6 Å². The number of hydrogen-bond donors (Lipinski definition) is 1. The molecule has 0 aliphatic carbocycles. The van der Waals surface area contributed by atoms with Gasteiger partial charge in [0.05, 0.1) is 31.6 Å². The van der Waals surface area contributed by atoms with Gasteiger partial charge in [0.15, 0.2) is 0 Å². The third-order valence-corrected chi connectivity index (χ3v) is 4.85. The molecule has 1 aliphatic rings. The average Bonchev–Trinajstić information content (AvgIpc) is 2.74. The van der Waals surface area contributed by atoms with E-state index in [9.17, 15) is 9.59 Å². The molecule has 3 rings (SSSR count). The van der Waals surface area contributed by atoms with Crippen LogP contribution < -0.4 is 19.7 Å². The number of carbonyl (C=O) groups excluding carboxylic acids is 2. The van der Waals surface area contributed by atoms with Gasteiger partial charge < -0.3 is 24.4 Å². The quantitative estimate of drug-likeness (QED) is 0.501. The Kier molecular flexibility index (Phi) is 6.82. The molecule has 0 radical (unpaired) electrons. The highest BCUT2D eigenvalue weighted by atomic mass is 16.5. The molecule has 0 fully saturated rings. The summed E-state index contributed by atoms with van der Waals surface area (Å²) in [6.07, 6.45) is 0.807. The molecule has 30 heavy (non-hydrogen) atoms. The van der Waals surface area contributed by atoms with Crippen molar-refractivity contribution in [2.75, 3.05) is 37.1 Å². The van der Waals surface area contributed by atoms with E-state index >= 15 is 0 Å². The van der Waals surface area contributed by atoms with E-state index in [1.807, 2.05) is 62.4 Å². The number of amides is 1. The van der Waals surface area contributed by atoms with Crippen LogP contribution in [0.1, 0.15) is 26.7 Å². The summed E-state index contributed by atoms with van der Waals surface area (Å²) in [5.41, 5.74) is 0.979. The minimum atomic E-state index is -0.711. The molecule has 0 saturated carbocycles. The van der Waals surface area contributed by atoms with Crippen molar-refractivity contribution in [2.24, 2.45) is 0 Å². The normalized spacial score (nSPS) is 14.5. The zero-order valence-corrected chi connectivity index (χ0v) is 17.6. The first-order valence-corrected chi connectivity index (χ1v) is 10.0. The summed E-state index contributed by atoms with van der Waals surface area (Å²) in [6, 6.07) is 14.9. The number of methoxy groups -OCH3 is 1. The van der Waals surface area contributed by atoms with Crippen molar-refractivity contribution in [3.63, 3.8) is 0 Å². The maximum atomic E-state index is 12.8. The lowest BCUT2D eigenvalue weighted by atomic mass is 9.98. The summed E-state index contributed by atoms with van der Waals surface area (Å²) < 4.78 is 16.0. The van der Waals surface area contributed by atoms with Crippen molar-refractivity contribution in [1.82, 2.24) is 0 Å². The molecule has 7 heteroatoms. The lowest BCUT2D eigenvalue weighted by Gasteiger charge is -2.39. The van der Waals surface area contributed by atoms with Gasteiger partial charge in [0.2, 0.25) is 0 Å². The molecule has 0 saturated heterocycles. The maximum absolute atomic E-state index is 12.8. The number of ether oxygens (including phenoxy) is 3. The molecule has 0 bridgehead atoms. The van der Waals surface area contributed by atoms with Gasteiger partial charge in [-0.15, -0.1) is 0 Å². The molecule has 160 valence electrons. The van der Waals surface area contributed by atoms with Crippen LogP contribution in [0.5, 0.6) is 11.5 Å². The Bertz CT molecular complexity index is 879. The predicted octanol–water partition coefficient (Wildman–Crippen LogP) is 3.63. The van der Waals surface area contributed by atoms with E-state index in [1.165, 1.54) is 0 Å². The molecule has 2 aromatic rings. The van der Waals surface area contributed by atoms with Gasteiger partial charge >= 0.3 is 5.97 Å². The first-order valence-electron chi connectivity index (χ1n) is 10.0. The van der Waals surface area contributed by atoms with Gasteiger partial charge in [-0.05, 0) is 56.7 Å². The Morgan fingerprint density at radius 2 is 1.73 bits per heavy atom. The highest BCUT2D eigenvalue weighted by Gasteiger charge is 2.38. The zero-order valence-electron chi connectivity index (χ0n) is 17.6. The van der Waals surface area contributed by atoms with E-state index in [-0.39, 0.29) is 24.9 Å². The minimum Gasteiger partial charge on any atom is -0.497 e. The Hall–Kier alpha value is -3.22. The molecule has 0 atom stereocenters. The van der Waals surface area contributed by atoms with Gasteiger partial charge in [-0.3, -0.25) is 9.59 Å². The van der Waals surface area contributed by atoms with Crippen molar-refractivity contribution in [2.45, 2.75) is 32.2 Å². The highest BCUT2D eigenvalue weighted by Crippen LogP contribution is 2.34. The molecule has 1 heterocycles. The monoisotopic (exact) mass is 412 g/mol. The summed E-state index contributed by atoms with van der Waals surface area (Å²) in [4.78, 5) is 26.5. The second-order valence-electron chi connectivity index (χ2n) is 7.57. The first kappa shape index (κ1) is 21.5. The highest BCUT2D eigenvalue weighted by molar-refractivity contribution is 6.07. The van der Waals surface area contributed by atoms with Crippen LogP contribution in [0.3, 0.4) is 0 Å². The van der Waals surface area contributed by atoms with Gasteiger partial charge in [0.25, 0.3) is 5.91 Å². The van der Waals surface area contributed by atoms with Gasteiger partial charge in [-0.25, -0.2) is 0 Å². The second kappa shape index (κ2) is 9.52. The summed E-state index contributed by atoms with van der Waals surface area (Å²) >= 11 is 0. The number of esters is 1. The molecule has 1 N–H and O–H groups in total. The van der Waals surface area contributed by atoms with Crippen LogP contribution in [0.15, 0.2) is 48.5 Å². The number of benzene rings is 2. The Balaban J connectivity index is 1.41. The molecule has 1 amide bonds. The lowest BCUT2D eigenvalue weighted by molar-refractivity contribution is -0.143. The van der Waals surface area contributed by atoms with Crippen LogP contribution in [0.2, 0.25) is 0 Å². The van der Waals surface area contributed by atoms with Crippen molar-refractivity contribution in [1.29, 1.82) is 0 Å². The van der Waals surface area contributed by atoms with Gasteiger partial charge in [-0.2, -0.15) is 0 Å². The fourth-order valence-electron chi connectivity index (χ4n) is 3.28. The van der Waals surface area contributed by atoms with E-state index in [1.54, 1.807) is 12.0 Å². The van der Waals surface area contributed by atoms with Crippen LogP contribution in [-0.4, -0.2) is 44.3 Å². The predicted molar refractivity (Wildman–Crippen MR) is 115 cm³/mol. The first-order chi connectivity index (χ1) is 14.4. The standard InChI is InChI=1S/C23H28N2O5/c1-23(2)22(27)25(20-8-5-4-7-19(20)24-23)14-16-30-21(26)9-6-15-29-18-12-10-17(28-3)11-13-18/h4-5,7-8,10-13,24H,6,9,14-16H2,1-3H3. The average molecular weight is 412 g/mol. The summed E-state index contributed by atoms with van der Waals surface area (Å²) in [7, 11) is 1.61. The third kappa shape index (κ3) is 5.23. The number of rotatable bonds is 9. The molecular formula is C23H28N2O5. The van der Waals surface area contributed by atoms with E-state index in [4.69, 9.17) is 14.2 Å². The van der Waals surface area contributed by atoms with Crippen LogP contribution in [-0.2, 0) is 14.3 Å². The van der Waals surface area contributed by atoms with Gasteiger partial charge in [-0.1, -0.05) is 12.1 Å². The number of hydrogen-bond acceptors (Lipinski definition) is 6. The maximum Gasteiger partial charge on any atom is 0.305 e. The smallest absolute Gasteiger partial charge is 0.305 e. The van der Waals surface area contributed by atoms with E-state index in [0.717, 1.165) is 22.9 Å². The summed E-state index contributed by atoms with van der Waals surface area (Å²) in [5, 5.41) is 3.25. The topological polar surface area (TPSA) is 77.1 Å². The van der Waals surface area contributed by atoms with Crippen molar-refractivity contribution < 1.29 is 23.8 Å². The third-order valence-electron chi connectivity index (χ3n) is 4.85. The Morgan fingerprint density at radius 3 is 2.47 bits per heavy atom. The Labute approximate surface area is 176 Å².